The van der Waals surface area contributed by atoms with Crippen molar-refractivity contribution in [3.8, 4) is 11.5 Å². The first-order valence-electron chi connectivity index (χ1n) is 9.92. The summed E-state index contributed by atoms with van der Waals surface area (Å²) in [4.78, 5) is 23.5. The highest BCUT2D eigenvalue weighted by Gasteiger charge is 2.14. The SMILES string of the molecule is CCOc1cccc(/C=N/NC(=O)c2cc3c(ccc4ccccc43)o2)c1OCC(=O)O. The van der Waals surface area contributed by atoms with Crippen molar-refractivity contribution >= 4 is 39.8 Å². The highest BCUT2D eigenvalue weighted by molar-refractivity contribution is 6.08. The largest absolute Gasteiger partial charge is 0.490 e. The van der Waals surface area contributed by atoms with Crippen LogP contribution in [0.3, 0.4) is 0 Å². The van der Waals surface area contributed by atoms with Gasteiger partial charge in [-0.25, -0.2) is 10.2 Å². The molecule has 4 aromatic rings. The van der Waals surface area contributed by atoms with Crippen LogP contribution < -0.4 is 14.9 Å². The van der Waals surface area contributed by atoms with E-state index in [4.69, 9.17) is 19.0 Å². The number of ether oxygens (including phenoxy) is 2. The number of amides is 1. The number of carbonyl (C=O) groups excluding carboxylic acids is 1. The van der Waals surface area contributed by atoms with Gasteiger partial charge < -0.3 is 19.0 Å². The lowest BCUT2D eigenvalue weighted by Gasteiger charge is -2.12. The summed E-state index contributed by atoms with van der Waals surface area (Å²) in [5.74, 6) is -0.905. The maximum atomic E-state index is 12.6. The summed E-state index contributed by atoms with van der Waals surface area (Å²) in [5, 5.41) is 15.8. The fraction of sp³-hybridized carbons (Fsp3) is 0.125. The molecule has 0 bridgehead atoms. The van der Waals surface area contributed by atoms with Crippen molar-refractivity contribution in [2.24, 2.45) is 5.10 Å². The molecule has 0 spiro atoms. The summed E-state index contributed by atoms with van der Waals surface area (Å²) in [6.45, 7) is 1.64. The van der Waals surface area contributed by atoms with E-state index in [0.717, 1.165) is 16.2 Å². The van der Waals surface area contributed by atoms with Crippen molar-refractivity contribution < 1.29 is 28.6 Å². The van der Waals surface area contributed by atoms with Gasteiger partial charge in [0.25, 0.3) is 0 Å². The van der Waals surface area contributed by atoms with Gasteiger partial charge >= 0.3 is 11.9 Å². The maximum Gasteiger partial charge on any atom is 0.341 e. The minimum atomic E-state index is -1.12. The number of furan rings is 1. The minimum absolute atomic E-state index is 0.124. The van der Waals surface area contributed by atoms with Gasteiger partial charge in [0, 0.05) is 10.9 Å². The summed E-state index contributed by atoms with van der Waals surface area (Å²) in [7, 11) is 0. The Morgan fingerprint density at radius 1 is 1.06 bits per heavy atom. The fourth-order valence-electron chi connectivity index (χ4n) is 3.31. The summed E-state index contributed by atoms with van der Waals surface area (Å²) in [5.41, 5.74) is 3.48. The van der Waals surface area contributed by atoms with Crippen LogP contribution in [-0.4, -0.2) is 36.4 Å². The predicted molar refractivity (Wildman–Crippen MR) is 120 cm³/mol. The zero-order valence-corrected chi connectivity index (χ0v) is 17.2. The van der Waals surface area contributed by atoms with E-state index < -0.39 is 18.5 Å². The molecule has 32 heavy (non-hydrogen) atoms. The van der Waals surface area contributed by atoms with E-state index in [9.17, 15) is 9.59 Å². The van der Waals surface area contributed by atoms with Gasteiger partial charge in [-0.1, -0.05) is 36.4 Å². The quantitative estimate of drug-likeness (QED) is 0.319. The number of nitrogens with one attached hydrogen (secondary N) is 1. The number of carboxylic acids is 1. The molecule has 0 atom stereocenters. The molecular formula is C24H20N2O6. The topological polar surface area (TPSA) is 110 Å². The Hall–Kier alpha value is -4.33. The van der Waals surface area contributed by atoms with E-state index in [0.29, 0.717) is 23.5 Å². The van der Waals surface area contributed by atoms with Crippen LogP contribution in [0, 0.1) is 0 Å². The molecule has 1 amide bonds. The highest BCUT2D eigenvalue weighted by atomic mass is 16.5. The molecule has 0 saturated heterocycles. The third-order valence-corrected chi connectivity index (χ3v) is 4.67. The second kappa shape index (κ2) is 9.22. The van der Waals surface area contributed by atoms with Crippen molar-refractivity contribution in [1.82, 2.24) is 5.43 Å². The Morgan fingerprint density at radius 2 is 1.91 bits per heavy atom. The highest BCUT2D eigenvalue weighted by Crippen LogP contribution is 2.31. The molecule has 0 fully saturated rings. The fourth-order valence-corrected chi connectivity index (χ4v) is 3.31. The van der Waals surface area contributed by atoms with E-state index in [1.807, 2.05) is 36.4 Å². The first-order chi connectivity index (χ1) is 15.6. The summed E-state index contributed by atoms with van der Waals surface area (Å²) >= 11 is 0. The molecular weight excluding hydrogens is 412 g/mol. The van der Waals surface area contributed by atoms with E-state index in [1.165, 1.54) is 6.21 Å². The van der Waals surface area contributed by atoms with Gasteiger partial charge in [-0.15, -0.1) is 0 Å². The molecule has 1 heterocycles. The van der Waals surface area contributed by atoms with Crippen molar-refractivity contribution in [2.45, 2.75) is 6.92 Å². The van der Waals surface area contributed by atoms with Gasteiger partial charge in [0.2, 0.25) is 0 Å². The molecule has 0 aliphatic carbocycles. The molecule has 1 aromatic heterocycles. The number of nitrogens with zero attached hydrogens (tertiary/aromatic N) is 1. The Kier molecular flexibility index (Phi) is 6.03. The summed E-state index contributed by atoms with van der Waals surface area (Å²) in [6.07, 6.45) is 1.36. The first-order valence-corrected chi connectivity index (χ1v) is 9.92. The van der Waals surface area contributed by atoms with Crippen LogP contribution >= 0.6 is 0 Å². The normalized spacial score (nSPS) is 11.2. The van der Waals surface area contributed by atoms with Crippen LogP contribution in [0.25, 0.3) is 21.7 Å². The molecule has 0 aliphatic heterocycles. The van der Waals surface area contributed by atoms with Gasteiger partial charge in [0.1, 0.15) is 5.58 Å². The van der Waals surface area contributed by atoms with Crippen LogP contribution in [0.2, 0.25) is 0 Å². The number of para-hydroxylation sites is 1. The number of hydrazone groups is 1. The number of aliphatic carboxylic acids is 1. The lowest BCUT2D eigenvalue weighted by molar-refractivity contribution is -0.139. The van der Waals surface area contributed by atoms with Crippen molar-refractivity contribution in [2.75, 3.05) is 13.2 Å². The third-order valence-electron chi connectivity index (χ3n) is 4.67. The predicted octanol–water partition coefficient (Wildman–Crippen LogP) is 4.21. The van der Waals surface area contributed by atoms with Gasteiger partial charge in [-0.3, -0.25) is 4.79 Å². The molecule has 3 aromatic carbocycles. The number of carboxylic acid groups (broad SMARTS) is 1. The van der Waals surface area contributed by atoms with Gasteiger partial charge in [-0.05, 0) is 42.0 Å². The second-order valence-corrected chi connectivity index (χ2v) is 6.80. The first kappa shape index (κ1) is 20.9. The number of hydrogen-bond donors (Lipinski definition) is 2. The molecule has 2 N–H and O–H groups in total. The van der Waals surface area contributed by atoms with Crippen LogP contribution in [0.5, 0.6) is 11.5 Å². The standard InChI is InChI=1S/C24H20N2O6/c1-2-30-20-9-5-7-16(23(20)31-14-22(27)28)13-25-26-24(29)21-12-18-17-8-4-3-6-15(17)10-11-19(18)32-21/h3-13H,2,14H2,1H3,(H,26,29)(H,27,28)/b25-13+. The third kappa shape index (κ3) is 4.39. The molecule has 4 rings (SSSR count). The van der Waals surface area contributed by atoms with Crippen LogP contribution in [0.15, 0.2) is 70.2 Å². The monoisotopic (exact) mass is 432 g/mol. The van der Waals surface area contributed by atoms with E-state index in [2.05, 4.69) is 10.5 Å². The van der Waals surface area contributed by atoms with E-state index in [1.54, 1.807) is 31.2 Å². The number of fused-ring (bicyclic) bond motifs is 3. The van der Waals surface area contributed by atoms with Crippen LogP contribution in [0.1, 0.15) is 23.0 Å². The van der Waals surface area contributed by atoms with Crippen LogP contribution in [0.4, 0.5) is 0 Å². The zero-order chi connectivity index (χ0) is 22.5. The smallest absolute Gasteiger partial charge is 0.341 e. The van der Waals surface area contributed by atoms with Crippen molar-refractivity contribution in [3.63, 3.8) is 0 Å². The molecule has 0 aliphatic rings. The molecule has 0 unspecified atom stereocenters. The van der Waals surface area contributed by atoms with Crippen molar-refractivity contribution in [1.29, 1.82) is 0 Å². The lowest BCUT2D eigenvalue weighted by Crippen LogP contribution is -2.17. The molecule has 8 heteroatoms. The van der Waals surface area contributed by atoms with Gasteiger partial charge in [-0.2, -0.15) is 5.10 Å². The lowest BCUT2D eigenvalue weighted by atomic mass is 10.1. The molecule has 0 radical (unpaired) electrons. The van der Waals surface area contributed by atoms with E-state index >= 15 is 0 Å². The number of benzene rings is 3. The molecule has 162 valence electrons. The molecule has 0 saturated carbocycles. The van der Waals surface area contributed by atoms with Gasteiger partial charge in [0.15, 0.2) is 23.9 Å². The summed E-state index contributed by atoms with van der Waals surface area (Å²) < 4.78 is 16.5. The Labute approximate surface area is 183 Å². The average Bonchev–Trinajstić information content (AvgIpc) is 3.24. The molecule has 8 nitrogen and oxygen atoms in total. The van der Waals surface area contributed by atoms with Crippen molar-refractivity contribution in [3.05, 3.63) is 72.0 Å². The summed E-state index contributed by atoms with van der Waals surface area (Å²) in [6, 6.07) is 18.3. The van der Waals surface area contributed by atoms with E-state index in [-0.39, 0.29) is 11.5 Å². The number of rotatable bonds is 8. The number of hydrogen-bond acceptors (Lipinski definition) is 6. The zero-order valence-electron chi connectivity index (χ0n) is 17.2. The second-order valence-electron chi connectivity index (χ2n) is 6.80. The minimum Gasteiger partial charge on any atom is -0.490 e. The number of carbonyl (C=O) groups is 2. The Balaban J connectivity index is 1.55. The average molecular weight is 432 g/mol. The van der Waals surface area contributed by atoms with Crippen LogP contribution in [-0.2, 0) is 4.79 Å². The van der Waals surface area contributed by atoms with Gasteiger partial charge in [0.05, 0.1) is 12.8 Å². The maximum absolute atomic E-state index is 12.6. The Bertz CT molecular complexity index is 1320. The Morgan fingerprint density at radius 3 is 2.72 bits per heavy atom.